The highest BCUT2D eigenvalue weighted by Crippen LogP contribution is 2.71. The van der Waals surface area contributed by atoms with Crippen LogP contribution in [0.1, 0.15) is 106 Å². The molecule has 0 heterocycles. The Morgan fingerprint density at radius 2 is 1.76 bits per heavy atom. The second kappa shape index (κ2) is 9.66. The van der Waals surface area contributed by atoms with E-state index >= 15 is 0 Å². The van der Waals surface area contributed by atoms with Crippen LogP contribution in [-0.2, 0) is 9.59 Å². The number of aliphatic carboxylic acids is 2. The number of hydrogen-bond donors (Lipinski definition) is 2. The first-order chi connectivity index (χ1) is 15.8. The Balaban J connectivity index is 1.91. The molecule has 0 amide bonds. The van der Waals surface area contributed by atoms with Gasteiger partial charge in [-0.05, 0) is 106 Å². The molecule has 0 saturated heterocycles. The Hall–Kier alpha value is -1.84. The topological polar surface area (TPSA) is 74.6 Å². The average molecular weight is 471 g/mol. The fourth-order valence-corrected chi connectivity index (χ4v) is 8.40. The van der Waals surface area contributed by atoms with Crippen molar-refractivity contribution in [2.75, 3.05) is 0 Å². The van der Waals surface area contributed by atoms with E-state index in [0.29, 0.717) is 29.7 Å². The molecule has 3 aliphatic carbocycles. The molecule has 0 radical (unpaired) electrons. The monoisotopic (exact) mass is 470 g/mol. The first kappa shape index (κ1) is 26.8. The minimum absolute atomic E-state index is 0.106. The second-order valence-corrected chi connectivity index (χ2v) is 12.3. The molecule has 2 unspecified atom stereocenters. The fraction of sp³-hybridized carbons (Fsp3) is 0.733. The molecule has 34 heavy (non-hydrogen) atoms. The molecule has 4 heteroatoms. The van der Waals surface area contributed by atoms with Gasteiger partial charge < -0.3 is 10.2 Å². The largest absolute Gasteiger partial charge is 0.481 e. The average Bonchev–Trinajstić information content (AvgIpc) is 3.03. The number of allylic oxidation sites excluding steroid dienone is 4. The summed E-state index contributed by atoms with van der Waals surface area (Å²) in [6.07, 6.45) is 11.5. The molecule has 0 spiro atoms. The summed E-state index contributed by atoms with van der Waals surface area (Å²) in [5.41, 5.74) is 5.13. The maximum atomic E-state index is 11.5. The summed E-state index contributed by atoms with van der Waals surface area (Å²) in [7, 11) is 0. The molecular formula is C30H46O4. The lowest BCUT2D eigenvalue weighted by Crippen LogP contribution is -2.48. The van der Waals surface area contributed by atoms with E-state index in [-0.39, 0.29) is 22.7 Å². The second-order valence-electron chi connectivity index (χ2n) is 12.3. The number of rotatable bonds is 9. The van der Waals surface area contributed by atoms with Crippen LogP contribution in [0.15, 0.2) is 34.9 Å². The third-order valence-electron chi connectivity index (χ3n) is 10.7. The minimum Gasteiger partial charge on any atom is -0.481 e. The van der Waals surface area contributed by atoms with Crippen molar-refractivity contribution in [3.63, 3.8) is 0 Å². The van der Waals surface area contributed by atoms with Crippen molar-refractivity contribution in [2.24, 2.45) is 34.0 Å². The fourth-order valence-electron chi connectivity index (χ4n) is 8.40. The smallest absolute Gasteiger partial charge is 0.330 e. The lowest BCUT2D eigenvalue weighted by Gasteiger charge is -2.57. The minimum atomic E-state index is -0.823. The van der Waals surface area contributed by atoms with Crippen molar-refractivity contribution >= 4 is 11.9 Å². The SMILES string of the molecule is C=C(C)C1CCC2=C(CC[C@]3(C)C([C@H](C)CC/C=C(/C)C(=O)O)CC[C@@]23C)[C@@]1(C)CCC(=O)O. The predicted molar refractivity (Wildman–Crippen MR) is 138 cm³/mol. The van der Waals surface area contributed by atoms with E-state index in [0.717, 1.165) is 38.5 Å². The Labute approximate surface area is 206 Å². The summed E-state index contributed by atoms with van der Waals surface area (Å²) in [5.74, 6) is 0.0180. The summed E-state index contributed by atoms with van der Waals surface area (Å²) in [6.45, 7) is 17.8. The molecule has 0 aromatic heterocycles. The van der Waals surface area contributed by atoms with Crippen molar-refractivity contribution in [3.05, 3.63) is 34.9 Å². The van der Waals surface area contributed by atoms with Crippen LogP contribution in [0.25, 0.3) is 0 Å². The third kappa shape index (κ3) is 4.42. The molecule has 0 aromatic carbocycles. The zero-order chi connectivity index (χ0) is 25.5. The Kier molecular flexibility index (Phi) is 7.60. The van der Waals surface area contributed by atoms with Crippen molar-refractivity contribution in [2.45, 2.75) is 106 Å². The van der Waals surface area contributed by atoms with Crippen LogP contribution >= 0.6 is 0 Å². The van der Waals surface area contributed by atoms with Gasteiger partial charge in [0, 0.05) is 12.0 Å². The van der Waals surface area contributed by atoms with Crippen molar-refractivity contribution in [3.8, 4) is 0 Å². The number of carboxylic acids is 2. The molecule has 1 fully saturated rings. The molecular weight excluding hydrogens is 424 g/mol. The molecule has 0 bridgehead atoms. The Morgan fingerprint density at radius 3 is 2.35 bits per heavy atom. The van der Waals surface area contributed by atoms with Crippen LogP contribution in [0.2, 0.25) is 0 Å². The summed E-state index contributed by atoms with van der Waals surface area (Å²) in [5, 5.41) is 18.6. The van der Waals surface area contributed by atoms with E-state index in [9.17, 15) is 14.7 Å². The number of fused-ring (bicyclic) bond motifs is 2. The van der Waals surface area contributed by atoms with Crippen LogP contribution in [0, 0.1) is 34.0 Å². The van der Waals surface area contributed by atoms with Crippen molar-refractivity contribution < 1.29 is 19.8 Å². The van der Waals surface area contributed by atoms with E-state index in [1.165, 1.54) is 18.4 Å². The summed E-state index contributed by atoms with van der Waals surface area (Å²) in [6, 6.07) is 0. The van der Waals surface area contributed by atoms with Gasteiger partial charge in [0.1, 0.15) is 0 Å². The summed E-state index contributed by atoms with van der Waals surface area (Å²) in [4.78, 5) is 22.7. The highest BCUT2D eigenvalue weighted by molar-refractivity contribution is 5.85. The zero-order valence-corrected chi connectivity index (χ0v) is 22.3. The Morgan fingerprint density at radius 1 is 1.09 bits per heavy atom. The highest BCUT2D eigenvalue weighted by Gasteiger charge is 2.61. The van der Waals surface area contributed by atoms with Gasteiger partial charge >= 0.3 is 11.9 Å². The molecule has 1 saturated carbocycles. The lowest BCUT2D eigenvalue weighted by atomic mass is 9.47. The molecule has 0 aromatic rings. The number of carbonyl (C=O) groups is 2. The Bertz CT molecular complexity index is 911. The quantitative estimate of drug-likeness (QED) is 0.266. The van der Waals surface area contributed by atoms with Gasteiger partial charge in [-0.3, -0.25) is 4.79 Å². The normalized spacial score (nSPS) is 36.6. The van der Waals surface area contributed by atoms with E-state index in [4.69, 9.17) is 5.11 Å². The van der Waals surface area contributed by atoms with Gasteiger partial charge in [-0.2, -0.15) is 0 Å². The molecule has 4 nitrogen and oxygen atoms in total. The van der Waals surface area contributed by atoms with Gasteiger partial charge in [-0.15, -0.1) is 0 Å². The summed E-state index contributed by atoms with van der Waals surface area (Å²) >= 11 is 0. The van der Waals surface area contributed by atoms with E-state index in [1.807, 2.05) is 6.08 Å². The maximum absolute atomic E-state index is 11.5. The van der Waals surface area contributed by atoms with Crippen molar-refractivity contribution in [1.82, 2.24) is 0 Å². The van der Waals surface area contributed by atoms with Gasteiger partial charge in [0.25, 0.3) is 0 Å². The molecule has 6 atom stereocenters. The van der Waals surface area contributed by atoms with Gasteiger partial charge in [0.05, 0.1) is 0 Å². The molecule has 190 valence electrons. The van der Waals surface area contributed by atoms with Crippen LogP contribution in [0.5, 0.6) is 0 Å². The van der Waals surface area contributed by atoms with E-state index in [1.54, 1.807) is 18.1 Å². The van der Waals surface area contributed by atoms with Crippen molar-refractivity contribution in [1.29, 1.82) is 0 Å². The maximum Gasteiger partial charge on any atom is 0.330 e. The molecule has 2 N–H and O–H groups in total. The first-order valence-corrected chi connectivity index (χ1v) is 13.3. The number of hydrogen-bond acceptors (Lipinski definition) is 2. The van der Waals surface area contributed by atoms with Crippen LogP contribution in [-0.4, -0.2) is 22.2 Å². The van der Waals surface area contributed by atoms with E-state index < -0.39 is 11.9 Å². The summed E-state index contributed by atoms with van der Waals surface area (Å²) < 4.78 is 0. The molecule has 3 aliphatic rings. The predicted octanol–water partition coefficient (Wildman–Crippen LogP) is 7.80. The third-order valence-corrected chi connectivity index (χ3v) is 10.7. The van der Waals surface area contributed by atoms with Crippen LogP contribution in [0.4, 0.5) is 0 Å². The van der Waals surface area contributed by atoms with E-state index in [2.05, 4.69) is 41.2 Å². The van der Waals surface area contributed by atoms with Gasteiger partial charge in [-0.1, -0.05) is 57.1 Å². The molecule has 3 rings (SSSR count). The van der Waals surface area contributed by atoms with Gasteiger partial charge in [0.15, 0.2) is 0 Å². The molecule has 0 aliphatic heterocycles. The van der Waals surface area contributed by atoms with Crippen LogP contribution in [0.3, 0.4) is 0 Å². The lowest BCUT2D eigenvalue weighted by molar-refractivity contribution is -0.137. The first-order valence-electron chi connectivity index (χ1n) is 13.3. The van der Waals surface area contributed by atoms with Gasteiger partial charge in [-0.25, -0.2) is 4.79 Å². The highest BCUT2D eigenvalue weighted by atomic mass is 16.4. The standard InChI is InChI=1S/C30H46O4/c1-19(2)22-11-12-25-24(28(22,5)16-15-26(31)32)14-18-29(6)23(13-17-30(25,29)7)20(3)9-8-10-21(4)27(33)34/h10,20,22-23H,1,8-9,11-18H2,2-7H3,(H,31,32)(H,33,34)/b21-10-/t20-,22?,23?,28+,29-,30+/m1/s1. The number of carboxylic acid groups (broad SMARTS) is 2. The zero-order valence-electron chi connectivity index (χ0n) is 22.3. The van der Waals surface area contributed by atoms with Crippen LogP contribution < -0.4 is 0 Å². The van der Waals surface area contributed by atoms with Gasteiger partial charge in [0.2, 0.25) is 0 Å².